The van der Waals surface area contributed by atoms with E-state index < -0.39 is 0 Å². The van der Waals surface area contributed by atoms with Crippen molar-refractivity contribution in [1.82, 2.24) is 4.90 Å². The summed E-state index contributed by atoms with van der Waals surface area (Å²) in [5.41, 5.74) is 4.28. The van der Waals surface area contributed by atoms with E-state index in [1.54, 1.807) is 19.8 Å². The van der Waals surface area contributed by atoms with Gasteiger partial charge in [-0.3, -0.25) is 4.90 Å². The van der Waals surface area contributed by atoms with Gasteiger partial charge in [-0.15, -0.1) is 0 Å². The molecule has 1 saturated carbocycles. The lowest BCUT2D eigenvalue weighted by Crippen LogP contribution is -2.60. The van der Waals surface area contributed by atoms with Crippen molar-refractivity contribution in [2.75, 3.05) is 27.3 Å². The van der Waals surface area contributed by atoms with Crippen molar-refractivity contribution in [3.63, 3.8) is 0 Å². The summed E-state index contributed by atoms with van der Waals surface area (Å²) in [6, 6.07) is 4.85. The van der Waals surface area contributed by atoms with Gasteiger partial charge in [0.15, 0.2) is 17.6 Å². The number of piperidine rings is 1. The summed E-state index contributed by atoms with van der Waals surface area (Å²) in [4.78, 5) is 2.76. The second kappa shape index (κ2) is 5.54. The quantitative estimate of drug-likeness (QED) is 0.816. The van der Waals surface area contributed by atoms with Crippen LogP contribution in [0.15, 0.2) is 35.6 Å². The molecule has 1 unspecified atom stereocenters. The average Bonchev–Trinajstić information content (AvgIpc) is 3.00. The molecule has 2 bridgehead atoms. The first-order valence-corrected chi connectivity index (χ1v) is 10.3. The Bertz CT molecular complexity index is 869. The lowest BCUT2D eigenvalue weighted by molar-refractivity contribution is 0.0506. The minimum atomic E-state index is -0.0711. The maximum Gasteiger partial charge on any atom is 0.169 e. The largest absolute Gasteiger partial charge is 0.497 e. The average molecular weight is 365 g/mol. The van der Waals surface area contributed by atoms with E-state index in [0.717, 1.165) is 42.6 Å². The van der Waals surface area contributed by atoms with Gasteiger partial charge >= 0.3 is 0 Å². The summed E-state index contributed by atoms with van der Waals surface area (Å²) in [6.07, 6.45) is 10.8. The first-order valence-electron chi connectivity index (χ1n) is 10.3. The van der Waals surface area contributed by atoms with Gasteiger partial charge in [0, 0.05) is 24.7 Å². The Hall–Kier alpha value is -1.94. The molecule has 4 heteroatoms. The molecule has 1 saturated heterocycles. The third kappa shape index (κ3) is 1.92. The Morgan fingerprint density at radius 1 is 1.19 bits per heavy atom. The maximum atomic E-state index is 6.58. The van der Waals surface area contributed by atoms with Crippen molar-refractivity contribution in [3.8, 4) is 11.5 Å². The SMILES string of the molecule is COC1=CC=C2[C@@H]3Cc4ccc(OC)c5c4[C@]2(CCN3CC2CCC2)C1O5. The fourth-order valence-corrected chi connectivity index (χ4v) is 6.22. The number of benzene rings is 1. The van der Waals surface area contributed by atoms with Gasteiger partial charge in [-0.1, -0.05) is 18.6 Å². The number of hydrogen-bond donors (Lipinski definition) is 0. The molecule has 1 spiro atoms. The Balaban J connectivity index is 1.52. The third-order valence-electron chi connectivity index (χ3n) is 7.72. The van der Waals surface area contributed by atoms with Gasteiger partial charge in [-0.2, -0.15) is 0 Å². The molecule has 4 nitrogen and oxygen atoms in total. The highest BCUT2D eigenvalue weighted by molar-refractivity contribution is 5.67. The molecule has 0 N–H and O–H groups in total. The van der Waals surface area contributed by atoms with E-state index in [1.165, 1.54) is 36.9 Å². The standard InChI is InChI=1S/C23H27NO3/c1-25-18-8-6-15-12-17-16-7-9-19(26-2)22-23(16,20(15)21(18)27-22)10-11-24(17)13-14-4-3-5-14/h6-9,14,17,22H,3-5,10-13H2,1-2H3/t17-,22?,23+/m0/s1. The Morgan fingerprint density at radius 3 is 2.81 bits per heavy atom. The van der Waals surface area contributed by atoms with Crippen molar-refractivity contribution < 1.29 is 14.2 Å². The lowest BCUT2D eigenvalue weighted by atomic mass is 9.57. The summed E-state index contributed by atoms with van der Waals surface area (Å²) >= 11 is 0. The first-order chi connectivity index (χ1) is 13.3. The van der Waals surface area contributed by atoms with Gasteiger partial charge in [0.05, 0.1) is 19.6 Å². The molecule has 0 aromatic heterocycles. The smallest absolute Gasteiger partial charge is 0.169 e. The number of methoxy groups -OCH3 is 2. The highest BCUT2D eigenvalue weighted by Gasteiger charge is 2.62. The van der Waals surface area contributed by atoms with Crippen LogP contribution >= 0.6 is 0 Å². The van der Waals surface area contributed by atoms with E-state index in [0.29, 0.717) is 6.04 Å². The molecule has 5 aliphatic rings. The van der Waals surface area contributed by atoms with Crippen LogP contribution in [0.3, 0.4) is 0 Å². The molecule has 3 aliphatic carbocycles. The second-order valence-electron chi connectivity index (χ2n) is 8.76. The summed E-state index contributed by atoms with van der Waals surface area (Å²) in [6.45, 7) is 2.40. The van der Waals surface area contributed by atoms with Gasteiger partial charge in [0.1, 0.15) is 5.76 Å². The predicted molar refractivity (Wildman–Crippen MR) is 103 cm³/mol. The van der Waals surface area contributed by atoms with E-state index in [-0.39, 0.29) is 11.5 Å². The van der Waals surface area contributed by atoms with Gasteiger partial charge in [0.2, 0.25) is 0 Å². The number of likely N-dealkylation sites (tertiary alicyclic amines) is 1. The van der Waals surface area contributed by atoms with Gasteiger partial charge in [-0.25, -0.2) is 0 Å². The molecule has 0 radical (unpaired) electrons. The molecule has 2 fully saturated rings. The lowest BCUT2D eigenvalue weighted by Gasteiger charge is -2.54. The van der Waals surface area contributed by atoms with Crippen LogP contribution in [0.5, 0.6) is 11.5 Å². The molecule has 6 rings (SSSR count). The minimum Gasteiger partial charge on any atom is -0.497 e. The van der Waals surface area contributed by atoms with Crippen LogP contribution in [0, 0.1) is 5.92 Å². The van der Waals surface area contributed by atoms with Gasteiger partial charge < -0.3 is 14.2 Å². The monoisotopic (exact) mass is 365 g/mol. The van der Waals surface area contributed by atoms with E-state index in [4.69, 9.17) is 14.2 Å². The Labute approximate surface area is 160 Å². The van der Waals surface area contributed by atoms with Gasteiger partial charge in [0.25, 0.3) is 0 Å². The van der Waals surface area contributed by atoms with Crippen molar-refractivity contribution in [2.45, 2.75) is 49.7 Å². The Morgan fingerprint density at radius 2 is 2.07 bits per heavy atom. The molecule has 2 heterocycles. The van der Waals surface area contributed by atoms with Gasteiger partial charge in [-0.05, 0) is 54.9 Å². The third-order valence-corrected chi connectivity index (χ3v) is 7.72. The Kier molecular flexibility index (Phi) is 3.29. The van der Waals surface area contributed by atoms with Crippen LogP contribution in [-0.4, -0.2) is 44.4 Å². The number of ether oxygens (including phenoxy) is 3. The fourth-order valence-electron chi connectivity index (χ4n) is 6.22. The van der Waals surface area contributed by atoms with Crippen molar-refractivity contribution in [2.24, 2.45) is 5.92 Å². The van der Waals surface area contributed by atoms with Crippen LogP contribution in [0.25, 0.3) is 0 Å². The zero-order valence-electron chi connectivity index (χ0n) is 16.2. The summed E-state index contributed by atoms with van der Waals surface area (Å²) < 4.78 is 18.0. The van der Waals surface area contributed by atoms with Crippen molar-refractivity contribution in [3.05, 3.63) is 46.7 Å². The highest BCUT2D eigenvalue weighted by Crippen LogP contribution is 2.62. The maximum absolute atomic E-state index is 6.58. The number of allylic oxidation sites excluding steroid dienone is 2. The van der Waals surface area contributed by atoms with Crippen LogP contribution in [0.2, 0.25) is 0 Å². The summed E-state index contributed by atoms with van der Waals surface area (Å²) in [5.74, 6) is 3.64. The predicted octanol–water partition coefficient (Wildman–Crippen LogP) is 3.59. The first kappa shape index (κ1) is 16.1. The van der Waals surface area contributed by atoms with Crippen LogP contribution < -0.4 is 9.47 Å². The van der Waals surface area contributed by atoms with Crippen LogP contribution in [0.1, 0.15) is 36.8 Å². The van der Waals surface area contributed by atoms with E-state index in [9.17, 15) is 0 Å². The van der Waals surface area contributed by atoms with Crippen LogP contribution in [0.4, 0.5) is 0 Å². The molecule has 2 aliphatic heterocycles. The van der Waals surface area contributed by atoms with E-state index in [2.05, 4.69) is 29.2 Å². The number of nitrogens with zero attached hydrogens (tertiary/aromatic N) is 1. The van der Waals surface area contributed by atoms with Crippen molar-refractivity contribution >= 4 is 0 Å². The highest BCUT2D eigenvalue weighted by atomic mass is 16.6. The van der Waals surface area contributed by atoms with Crippen LogP contribution in [-0.2, 0) is 16.6 Å². The van der Waals surface area contributed by atoms with Crippen molar-refractivity contribution in [1.29, 1.82) is 0 Å². The molecule has 27 heavy (non-hydrogen) atoms. The molecule has 142 valence electrons. The normalized spacial score (nSPS) is 33.4. The summed E-state index contributed by atoms with van der Waals surface area (Å²) in [7, 11) is 3.50. The molecule has 1 aromatic rings. The molecule has 3 atom stereocenters. The zero-order chi connectivity index (χ0) is 18.2. The molecular weight excluding hydrogens is 338 g/mol. The number of hydrogen-bond acceptors (Lipinski definition) is 4. The number of rotatable bonds is 4. The van der Waals surface area contributed by atoms with E-state index in [1.807, 2.05) is 0 Å². The molecular formula is C23H27NO3. The second-order valence-corrected chi connectivity index (χ2v) is 8.76. The zero-order valence-corrected chi connectivity index (χ0v) is 16.2. The molecule has 0 amide bonds. The molecule has 1 aromatic carbocycles. The van der Waals surface area contributed by atoms with E-state index >= 15 is 0 Å². The fraction of sp³-hybridized carbons (Fsp3) is 0.565. The topological polar surface area (TPSA) is 30.9 Å². The minimum absolute atomic E-state index is 0.0544. The summed E-state index contributed by atoms with van der Waals surface area (Å²) in [5, 5.41) is 0.